The Kier molecular flexibility index (Phi) is 5.64. The van der Waals surface area contributed by atoms with Gasteiger partial charge in [-0.15, -0.1) is 0 Å². The van der Waals surface area contributed by atoms with Crippen molar-refractivity contribution in [1.82, 2.24) is 15.1 Å². The van der Waals surface area contributed by atoms with Gasteiger partial charge in [0.05, 0.1) is 17.9 Å². The Hall–Kier alpha value is -2.48. The van der Waals surface area contributed by atoms with Crippen molar-refractivity contribution in [2.45, 2.75) is 6.42 Å². The van der Waals surface area contributed by atoms with Gasteiger partial charge < -0.3 is 15.1 Å². The summed E-state index contributed by atoms with van der Waals surface area (Å²) in [6.45, 7) is 2.83. The summed E-state index contributed by atoms with van der Waals surface area (Å²) in [5.74, 6) is -0.324. The number of hydrogen-bond donors (Lipinski definition) is 1. The molecule has 1 aromatic rings. The van der Waals surface area contributed by atoms with Crippen LogP contribution in [-0.2, 0) is 16.0 Å². The van der Waals surface area contributed by atoms with Crippen LogP contribution in [0.15, 0.2) is 24.3 Å². The quantitative estimate of drug-likeness (QED) is 0.610. The van der Waals surface area contributed by atoms with Crippen LogP contribution in [0.5, 0.6) is 0 Å². The van der Waals surface area contributed by atoms with E-state index in [1.807, 2.05) is 0 Å². The summed E-state index contributed by atoms with van der Waals surface area (Å²) in [6.07, 6.45) is 0.0347. The summed E-state index contributed by atoms with van der Waals surface area (Å²) in [6, 6.07) is 5.97. The largest absolute Gasteiger partial charge is 0.339 e. The van der Waals surface area contributed by atoms with Crippen molar-refractivity contribution >= 4 is 17.5 Å². The van der Waals surface area contributed by atoms with Gasteiger partial charge in [0, 0.05) is 45.4 Å². The number of amides is 2. The molecule has 1 aliphatic heterocycles. The predicted molar refractivity (Wildman–Crippen MR) is 83.9 cm³/mol. The number of nitro groups is 1. The lowest BCUT2D eigenvalue weighted by Crippen LogP contribution is -2.49. The normalized spacial score (nSPS) is 14.4. The Balaban J connectivity index is 1.90. The third kappa shape index (κ3) is 4.75. The van der Waals surface area contributed by atoms with E-state index in [4.69, 9.17) is 0 Å². The Labute approximate surface area is 134 Å². The van der Waals surface area contributed by atoms with Gasteiger partial charge in [-0.25, -0.2) is 0 Å². The minimum atomic E-state index is -0.494. The van der Waals surface area contributed by atoms with E-state index in [1.54, 1.807) is 24.1 Å². The number of non-ortho nitro benzene ring substituents is 1. The summed E-state index contributed by atoms with van der Waals surface area (Å²) in [5, 5.41) is 13.9. The van der Waals surface area contributed by atoms with E-state index >= 15 is 0 Å². The summed E-state index contributed by atoms with van der Waals surface area (Å²) in [5.41, 5.74) is 0.514. The molecule has 2 rings (SSSR count). The highest BCUT2D eigenvalue weighted by Gasteiger charge is 2.20. The molecule has 1 aromatic carbocycles. The molecule has 2 amide bonds. The maximum atomic E-state index is 12.2. The highest BCUT2D eigenvalue weighted by atomic mass is 16.6. The number of rotatable bonds is 5. The zero-order valence-electron chi connectivity index (χ0n) is 13.0. The molecule has 0 aliphatic carbocycles. The lowest BCUT2D eigenvalue weighted by molar-refractivity contribution is -0.384. The van der Waals surface area contributed by atoms with Crippen LogP contribution in [0.2, 0.25) is 0 Å². The molecule has 0 spiro atoms. The standard InChI is InChI=1S/C15H20N4O4/c1-17(11-15(21)18-7-5-16-6-8-18)14(20)10-12-3-2-4-13(9-12)19(22)23/h2-4,9,16H,5-8,10-11H2,1H3. The monoisotopic (exact) mass is 320 g/mol. The van der Waals surface area contributed by atoms with Gasteiger partial charge in [-0.1, -0.05) is 12.1 Å². The molecule has 0 aromatic heterocycles. The molecule has 0 saturated carbocycles. The molecule has 0 atom stereocenters. The predicted octanol–water partition coefficient (Wildman–Crippen LogP) is 0.0275. The van der Waals surface area contributed by atoms with Gasteiger partial charge in [0.15, 0.2) is 0 Å². The number of benzene rings is 1. The highest BCUT2D eigenvalue weighted by molar-refractivity contribution is 5.85. The number of likely N-dealkylation sites (N-methyl/N-ethyl adjacent to an activating group) is 1. The average molecular weight is 320 g/mol. The molecule has 1 N–H and O–H groups in total. The summed E-state index contributed by atoms with van der Waals surface area (Å²) < 4.78 is 0. The maximum absolute atomic E-state index is 12.2. The van der Waals surface area contributed by atoms with Gasteiger partial charge in [0.2, 0.25) is 11.8 Å². The fraction of sp³-hybridized carbons (Fsp3) is 0.467. The van der Waals surface area contributed by atoms with Gasteiger partial charge in [-0.2, -0.15) is 0 Å². The number of carbonyl (C=O) groups excluding carboxylic acids is 2. The maximum Gasteiger partial charge on any atom is 0.269 e. The van der Waals surface area contributed by atoms with Gasteiger partial charge in [0.25, 0.3) is 5.69 Å². The third-order valence-electron chi connectivity index (χ3n) is 3.74. The zero-order chi connectivity index (χ0) is 16.8. The van der Waals surface area contributed by atoms with Gasteiger partial charge in [-0.3, -0.25) is 19.7 Å². The fourth-order valence-corrected chi connectivity index (χ4v) is 2.39. The lowest BCUT2D eigenvalue weighted by atomic mass is 10.1. The van der Waals surface area contributed by atoms with Crippen molar-refractivity contribution < 1.29 is 14.5 Å². The third-order valence-corrected chi connectivity index (χ3v) is 3.74. The van der Waals surface area contributed by atoms with Crippen molar-refractivity contribution in [2.75, 3.05) is 39.8 Å². The lowest BCUT2D eigenvalue weighted by Gasteiger charge is -2.29. The summed E-state index contributed by atoms with van der Waals surface area (Å²) >= 11 is 0. The molecule has 0 radical (unpaired) electrons. The average Bonchev–Trinajstić information content (AvgIpc) is 2.55. The van der Waals surface area contributed by atoms with Crippen LogP contribution in [0, 0.1) is 10.1 Å². The van der Waals surface area contributed by atoms with E-state index in [0.29, 0.717) is 18.7 Å². The molecule has 0 unspecified atom stereocenters. The first-order chi connectivity index (χ1) is 11.0. The van der Waals surface area contributed by atoms with Crippen LogP contribution < -0.4 is 5.32 Å². The second kappa shape index (κ2) is 7.68. The first kappa shape index (κ1) is 16.9. The van der Waals surface area contributed by atoms with Crippen LogP contribution >= 0.6 is 0 Å². The molecule has 1 saturated heterocycles. The van der Waals surface area contributed by atoms with Gasteiger partial charge >= 0.3 is 0 Å². The molecule has 8 nitrogen and oxygen atoms in total. The van der Waals surface area contributed by atoms with E-state index in [9.17, 15) is 19.7 Å². The highest BCUT2D eigenvalue weighted by Crippen LogP contribution is 2.14. The van der Waals surface area contributed by atoms with E-state index in [0.717, 1.165) is 13.1 Å². The SMILES string of the molecule is CN(CC(=O)N1CCNCC1)C(=O)Cc1cccc([N+](=O)[O-])c1. The number of piperazine rings is 1. The number of hydrogen-bond acceptors (Lipinski definition) is 5. The number of nitro benzene ring substituents is 1. The first-order valence-corrected chi connectivity index (χ1v) is 7.43. The van der Waals surface area contributed by atoms with Crippen LogP contribution in [0.3, 0.4) is 0 Å². The molecule has 124 valence electrons. The Morgan fingerprint density at radius 1 is 1.35 bits per heavy atom. The molecule has 0 bridgehead atoms. The van der Waals surface area contributed by atoms with E-state index < -0.39 is 4.92 Å². The smallest absolute Gasteiger partial charge is 0.269 e. The van der Waals surface area contributed by atoms with Crippen molar-refractivity contribution in [3.63, 3.8) is 0 Å². The van der Waals surface area contributed by atoms with Crippen LogP contribution in [-0.4, -0.2) is 66.3 Å². The Morgan fingerprint density at radius 3 is 2.70 bits per heavy atom. The van der Waals surface area contributed by atoms with Crippen LogP contribution in [0.1, 0.15) is 5.56 Å². The Bertz CT molecular complexity index is 599. The molecular weight excluding hydrogens is 300 g/mol. The van der Waals surface area contributed by atoms with Gasteiger partial charge in [0.1, 0.15) is 0 Å². The topological polar surface area (TPSA) is 95.8 Å². The molecule has 1 fully saturated rings. The van der Waals surface area contributed by atoms with Crippen molar-refractivity contribution in [2.24, 2.45) is 0 Å². The molecule has 8 heteroatoms. The van der Waals surface area contributed by atoms with Crippen LogP contribution in [0.4, 0.5) is 5.69 Å². The van der Waals surface area contributed by atoms with Gasteiger partial charge in [-0.05, 0) is 5.56 Å². The molecule has 1 heterocycles. The Morgan fingerprint density at radius 2 is 2.04 bits per heavy atom. The number of carbonyl (C=O) groups is 2. The van der Waals surface area contributed by atoms with Crippen LogP contribution in [0.25, 0.3) is 0 Å². The zero-order valence-corrected chi connectivity index (χ0v) is 13.0. The summed E-state index contributed by atoms with van der Waals surface area (Å²) in [7, 11) is 1.57. The first-order valence-electron chi connectivity index (χ1n) is 7.43. The molecule has 23 heavy (non-hydrogen) atoms. The number of nitrogens with one attached hydrogen (secondary N) is 1. The van der Waals surface area contributed by atoms with Crippen molar-refractivity contribution in [1.29, 1.82) is 0 Å². The van der Waals surface area contributed by atoms with E-state index in [-0.39, 0.29) is 30.5 Å². The minimum absolute atomic E-state index is 0.0216. The molecule has 1 aliphatic rings. The second-order valence-corrected chi connectivity index (χ2v) is 5.48. The van der Waals surface area contributed by atoms with Crippen molar-refractivity contribution in [3.05, 3.63) is 39.9 Å². The van der Waals surface area contributed by atoms with Crippen molar-refractivity contribution in [3.8, 4) is 0 Å². The second-order valence-electron chi connectivity index (χ2n) is 5.48. The fourth-order valence-electron chi connectivity index (χ4n) is 2.39. The number of nitrogens with zero attached hydrogens (tertiary/aromatic N) is 3. The minimum Gasteiger partial charge on any atom is -0.339 e. The van der Waals surface area contributed by atoms with E-state index in [2.05, 4.69) is 5.32 Å². The summed E-state index contributed by atoms with van der Waals surface area (Å²) in [4.78, 5) is 37.7. The molecular formula is C15H20N4O4. The van der Waals surface area contributed by atoms with E-state index in [1.165, 1.54) is 17.0 Å².